The molecule has 21 heavy (non-hydrogen) atoms. The zero-order chi connectivity index (χ0) is 15.8. The second-order valence-electron chi connectivity index (χ2n) is 5.91. The zero-order valence-electron chi connectivity index (χ0n) is 12.6. The highest BCUT2D eigenvalue weighted by Gasteiger charge is 2.24. The van der Waals surface area contributed by atoms with E-state index in [2.05, 4.69) is 10.2 Å². The molecule has 7 heteroatoms. The van der Waals surface area contributed by atoms with Crippen molar-refractivity contribution in [2.75, 3.05) is 0 Å². The van der Waals surface area contributed by atoms with Gasteiger partial charge in [-0.25, -0.2) is 0 Å². The lowest BCUT2D eigenvalue weighted by molar-refractivity contribution is -0.385. The van der Waals surface area contributed by atoms with E-state index in [1.807, 2.05) is 31.4 Å². The smallest absolute Gasteiger partial charge is 0.273 e. The molecule has 0 fully saturated rings. The molecular formula is C14H19N5O2. The lowest BCUT2D eigenvalue weighted by Gasteiger charge is -2.24. The Morgan fingerprint density at radius 3 is 2.52 bits per heavy atom. The fraction of sp³-hybridized carbons (Fsp3) is 0.429. The summed E-state index contributed by atoms with van der Waals surface area (Å²) < 4.78 is 1.92. The quantitative estimate of drug-likeness (QED) is 0.690. The minimum atomic E-state index is -0.388. The lowest BCUT2D eigenvalue weighted by Crippen LogP contribution is -2.26. The first-order valence-corrected chi connectivity index (χ1v) is 6.66. The van der Waals surface area contributed by atoms with Crippen LogP contribution in [0.3, 0.4) is 0 Å². The second-order valence-corrected chi connectivity index (χ2v) is 5.91. The summed E-state index contributed by atoms with van der Waals surface area (Å²) in [5, 5.41) is 19.3. The maximum Gasteiger partial charge on any atom is 0.273 e. The molecule has 0 aliphatic carbocycles. The molecule has 0 aliphatic rings. The first kappa shape index (κ1) is 15.1. The predicted octanol–water partition coefficient (Wildman–Crippen LogP) is 2.38. The van der Waals surface area contributed by atoms with Crippen molar-refractivity contribution in [1.29, 1.82) is 0 Å². The molecule has 0 unspecified atom stereocenters. The fourth-order valence-electron chi connectivity index (χ4n) is 2.29. The van der Waals surface area contributed by atoms with E-state index in [1.165, 1.54) is 6.07 Å². The van der Waals surface area contributed by atoms with Crippen LogP contribution in [0.4, 0.5) is 5.69 Å². The number of aryl methyl sites for hydroxylation is 1. The maximum absolute atomic E-state index is 11.1. The molecule has 1 aromatic heterocycles. The highest BCUT2D eigenvalue weighted by Crippen LogP contribution is 2.29. The van der Waals surface area contributed by atoms with Gasteiger partial charge >= 0.3 is 0 Å². The van der Waals surface area contributed by atoms with E-state index in [4.69, 9.17) is 5.73 Å². The zero-order valence-corrected chi connectivity index (χ0v) is 12.6. The van der Waals surface area contributed by atoms with Crippen molar-refractivity contribution < 1.29 is 4.92 Å². The fourth-order valence-corrected chi connectivity index (χ4v) is 2.29. The summed E-state index contributed by atoms with van der Waals surface area (Å²) in [5.41, 5.74) is 6.79. The average molecular weight is 289 g/mol. The standard InChI is InChI=1S/C14H19N5O2/c1-9-5-6-10(7-11(9)19(20)21)13-17-16-12(8-15)18(13)14(2,3)4/h5-7H,8,15H2,1-4H3. The number of hydrogen-bond donors (Lipinski definition) is 1. The molecule has 0 radical (unpaired) electrons. The molecule has 1 aromatic carbocycles. The third-order valence-electron chi connectivity index (χ3n) is 3.25. The highest BCUT2D eigenvalue weighted by molar-refractivity contribution is 5.62. The van der Waals surface area contributed by atoms with Crippen LogP contribution in [0.1, 0.15) is 32.2 Å². The largest absolute Gasteiger partial charge is 0.324 e. The summed E-state index contributed by atoms with van der Waals surface area (Å²) in [6.45, 7) is 8.02. The van der Waals surface area contributed by atoms with Gasteiger partial charge in [0.2, 0.25) is 0 Å². The van der Waals surface area contributed by atoms with Gasteiger partial charge in [-0.3, -0.25) is 10.1 Å². The SMILES string of the molecule is Cc1ccc(-c2nnc(CN)n2C(C)(C)C)cc1[N+](=O)[O-]. The van der Waals surface area contributed by atoms with E-state index in [-0.39, 0.29) is 22.7 Å². The van der Waals surface area contributed by atoms with E-state index < -0.39 is 0 Å². The first-order valence-electron chi connectivity index (χ1n) is 6.66. The van der Waals surface area contributed by atoms with Crippen molar-refractivity contribution in [3.8, 4) is 11.4 Å². The third kappa shape index (κ3) is 2.78. The Balaban J connectivity index is 2.66. The molecule has 0 spiro atoms. The Hall–Kier alpha value is -2.28. The van der Waals surface area contributed by atoms with E-state index >= 15 is 0 Å². The molecule has 7 nitrogen and oxygen atoms in total. The molecule has 0 atom stereocenters. The molecule has 112 valence electrons. The number of nitro benzene ring substituents is 1. The van der Waals surface area contributed by atoms with Gasteiger partial charge in [-0.2, -0.15) is 0 Å². The van der Waals surface area contributed by atoms with E-state index in [0.717, 1.165) is 0 Å². The summed E-state index contributed by atoms with van der Waals surface area (Å²) in [5.74, 6) is 1.24. The topological polar surface area (TPSA) is 99.9 Å². The minimum absolute atomic E-state index is 0.0743. The van der Waals surface area contributed by atoms with Crippen LogP contribution in [0.2, 0.25) is 0 Å². The van der Waals surface area contributed by atoms with E-state index in [1.54, 1.807) is 13.0 Å². The van der Waals surface area contributed by atoms with Gasteiger partial charge in [-0.15, -0.1) is 10.2 Å². The van der Waals surface area contributed by atoms with Gasteiger partial charge in [0.05, 0.1) is 11.5 Å². The second kappa shape index (κ2) is 5.25. The summed E-state index contributed by atoms with van der Waals surface area (Å²) in [7, 11) is 0. The number of benzene rings is 1. The summed E-state index contributed by atoms with van der Waals surface area (Å²) in [6.07, 6.45) is 0. The lowest BCUT2D eigenvalue weighted by atomic mass is 10.1. The number of rotatable bonds is 3. The van der Waals surface area contributed by atoms with Gasteiger partial charge in [0.1, 0.15) is 5.82 Å². The number of nitro groups is 1. The van der Waals surface area contributed by atoms with Crippen LogP contribution in [0.5, 0.6) is 0 Å². The van der Waals surface area contributed by atoms with Crippen LogP contribution in [0.15, 0.2) is 18.2 Å². The Bertz CT molecular complexity index is 685. The monoisotopic (exact) mass is 289 g/mol. The highest BCUT2D eigenvalue weighted by atomic mass is 16.6. The van der Waals surface area contributed by atoms with Crippen molar-refractivity contribution in [3.05, 3.63) is 39.7 Å². The Kier molecular flexibility index (Phi) is 3.78. The van der Waals surface area contributed by atoms with Crippen LogP contribution in [-0.4, -0.2) is 19.7 Å². The van der Waals surface area contributed by atoms with E-state index in [0.29, 0.717) is 22.8 Å². The summed E-state index contributed by atoms with van der Waals surface area (Å²) in [4.78, 5) is 10.7. The molecular weight excluding hydrogens is 270 g/mol. The van der Waals surface area contributed by atoms with Crippen molar-refractivity contribution in [2.45, 2.75) is 39.8 Å². The summed E-state index contributed by atoms with van der Waals surface area (Å²) >= 11 is 0. The van der Waals surface area contributed by atoms with Crippen molar-refractivity contribution in [2.24, 2.45) is 5.73 Å². The molecule has 0 saturated heterocycles. The molecule has 2 N–H and O–H groups in total. The van der Waals surface area contributed by atoms with Gasteiger partial charge in [-0.1, -0.05) is 12.1 Å². The maximum atomic E-state index is 11.1. The predicted molar refractivity (Wildman–Crippen MR) is 79.7 cm³/mol. The molecule has 2 rings (SSSR count). The van der Waals surface area contributed by atoms with Crippen molar-refractivity contribution >= 4 is 5.69 Å². The van der Waals surface area contributed by atoms with E-state index in [9.17, 15) is 10.1 Å². The molecule has 2 aromatic rings. The van der Waals surface area contributed by atoms with Crippen LogP contribution in [0.25, 0.3) is 11.4 Å². The number of aromatic nitrogens is 3. The van der Waals surface area contributed by atoms with Gasteiger partial charge in [0.25, 0.3) is 5.69 Å². The molecule has 0 aliphatic heterocycles. The molecule has 1 heterocycles. The average Bonchev–Trinajstić information content (AvgIpc) is 2.82. The van der Waals surface area contributed by atoms with Crippen LogP contribution < -0.4 is 5.73 Å². The van der Waals surface area contributed by atoms with Gasteiger partial charge in [-0.05, 0) is 27.7 Å². The van der Waals surface area contributed by atoms with Gasteiger partial charge in [0, 0.05) is 22.7 Å². The van der Waals surface area contributed by atoms with Gasteiger partial charge in [0.15, 0.2) is 5.82 Å². The van der Waals surface area contributed by atoms with Crippen LogP contribution >= 0.6 is 0 Å². The Morgan fingerprint density at radius 2 is 2.00 bits per heavy atom. The van der Waals surface area contributed by atoms with Crippen molar-refractivity contribution in [1.82, 2.24) is 14.8 Å². The number of hydrogen-bond acceptors (Lipinski definition) is 5. The minimum Gasteiger partial charge on any atom is -0.324 e. The van der Waals surface area contributed by atoms with Crippen LogP contribution in [0, 0.1) is 17.0 Å². The third-order valence-corrected chi connectivity index (χ3v) is 3.25. The number of nitrogens with two attached hydrogens (primary N) is 1. The first-order chi connectivity index (χ1) is 9.75. The Morgan fingerprint density at radius 1 is 1.33 bits per heavy atom. The number of nitrogens with zero attached hydrogens (tertiary/aromatic N) is 4. The molecule has 0 bridgehead atoms. The molecule has 0 saturated carbocycles. The van der Waals surface area contributed by atoms with Gasteiger partial charge < -0.3 is 10.3 Å². The summed E-state index contributed by atoms with van der Waals surface area (Å²) in [6, 6.07) is 5.06. The van der Waals surface area contributed by atoms with Crippen molar-refractivity contribution in [3.63, 3.8) is 0 Å². The Labute approximate surface area is 122 Å². The van der Waals surface area contributed by atoms with Crippen LogP contribution in [-0.2, 0) is 12.1 Å². The normalized spacial score (nSPS) is 11.7. The molecule has 0 amide bonds.